The van der Waals surface area contributed by atoms with E-state index in [1.807, 2.05) is 91.8 Å². The smallest absolute Gasteiger partial charge is 0.225 e. The molecule has 29 heavy (non-hydrogen) atoms. The summed E-state index contributed by atoms with van der Waals surface area (Å²) in [5, 5.41) is 7.63. The molecule has 148 valence electrons. The van der Waals surface area contributed by atoms with Gasteiger partial charge in [-0.2, -0.15) is 5.10 Å². The number of carbonyl (C=O) groups is 1. The van der Waals surface area contributed by atoms with Gasteiger partial charge in [0, 0.05) is 25.4 Å². The molecular weight excluding hydrogens is 362 g/mol. The summed E-state index contributed by atoms with van der Waals surface area (Å²) in [4.78, 5) is 17.8. The zero-order chi connectivity index (χ0) is 20.5. The van der Waals surface area contributed by atoms with Crippen LogP contribution < -0.4 is 5.32 Å². The van der Waals surface area contributed by atoms with Crippen LogP contribution in [0.25, 0.3) is 11.0 Å². The van der Waals surface area contributed by atoms with Gasteiger partial charge in [-0.25, -0.2) is 4.98 Å². The Hall–Kier alpha value is -3.41. The van der Waals surface area contributed by atoms with Gasteiger partial charge in [0.15, 0.2) is 0 Å². The molecular formula is C23H25N5O. The number of nitrogens with one attached hydrogen (secondary N) is 1. The number of hydrogen-bond donors (Lipinski definition) is 1. The number of benzene rings is 2. The van der Waals surface area contributed by atoms with E-state index in [-0.39, 0.29) is 11.9 Å². The summed E-state index contributed by atoms with van der Waals surface area (Å²) in [6, 6.07) is 17.6. The van der Waals surface area contributed by atoms with Crippen LogP contribution in [0.4, 0.5) is 0 Å². The van der Waals surface area contributed by atoms with Crippen molar-refractivity contribution in [3.8, 4) is 0 Å². The van der Waals surface area contributed by atoms with Crippen LogP contribution in [0, 0.1) is 13.8 Å². The Balaban J connectivity index is 1.70. The molecule has 0 aliphatic rings. The van der Waals surface area contributed by atoms with E-state index in [0.717, 1.165) is 39.4 Å². The van der Waals surface area contributed by atoms with Crippen LogP contribution in [-0.2, 0) is 25.3 Å². The first kappa shape index (κ1) is 18.9. The van der Waals surface area contributed by atoms with E-state index in [1.54, 1.807) is 0 Å². The number of imidazole rings is 1. The monoisotopic (exact) mass is 387 g/mol. The molecule has 6 nitrogen and oxygen atoms in total. The van der Waals surface area contributed by atoms with Gasteiger partial charge in [0.25, 0.3) is 0 Å². The van der Waals surface area contributed by atoms with Gasteiger partial charge in [0.2, 0.25) is 5.91 Å². The van der Waals surface area contributed by atoms with Crippen LogP contribution in [0.1, 0.15) is 34.4 Å². The molecule has 0 radical (unpaired) electrons. The second-order valence-electron chi connectivity index (χ2n) is 7.38. The van der Waals surface area contributed by atoms with Crippen LogP contribution in [0.15, 0.2) is 54.6 Å². The molecule has 1 amide bonds. The topological polar surface area (TPSA) is 64.7 Å². The number of amides is 1. The quantitative estimate of drug-likeness (QED) is 0.571. The van der Waals surface area contributed by atoms with Gasteiger partial charge in [-0.05, 0) is 31.5 Å². The molecule has 0 fully saturated rings. The van der Waals surface area contributed by atoms with Crippen molar-refractivity contribution in [2.24, 2.45) is 14.1 Å². The van der Waals surface area contributed by atoms with Gasteiger partial charge in [-0.1, -0.05) is 42.5 Å². The maximum absolute atomic E-state index is 13.0. The molecule has 4 rings (SSSR count). The maximum atomic E-state index is 13.0. The highest BCUT2D eigenvalue weighted by molar-refractivity contribution is 5.80. The number of aryl methyl sites for hydroxylation is 3. The number of rotatable bonds is 5. The summed E-state index contributed by atoms with van der Waals surface area (Å²) < 4.78 is 3.87. The van der Waals surface area contributed by atoms with Crippen molar-refractivity contribution in [2.45, 2.75) is 26.3 Å². The lowest BCUT2D eigenvalue weighted by Crippen LogP contribution is -2.32. The predicted octanol–water partition coefficient (Wildman–Crippen LogP) is 3.37. The third-order valence-corrected chi connectivity index (χ3v) is 5.51. The number of aromatic nitrogens is 4. The highest BCUT2D eigenvalue weighted by Gasteiger charge is 2.23. The van der Waals surface area contributed by atoms with Gasteiger partial charge < -0.3 is 9.88 Å². The number of fused-ring (bicyclic) bond motifs is 1. The van der Waals surface area contributed by atoms with E-state index in [4.69, 9.17) is 4.98 Å². The van der Waals surface area contributed by atoms with Gasteiger partial charge >= 0.3 is 0 Å². The third-order valence-electron chi connectivity index (χ3n) is 5.51. The standard InChI is InChI=1S/C23H25N5O/c1-15-18(16(2)28(4)26-15)14-21(29)25-22(17-10-6-5-7-11-17)23-24-19-12-8-9-13-20(19)27(23)3/h5-13,22H,14H2,1-4H3,(H,25,29). The van der Waals surface area contributed by atoms with Crippen molar-refractivity contribution in [1.29, 1.82) is 0 Å². The van der Waals surface area contributed by atoms with Crippen molar-refractivity contribution >= 4 is 16.9 Å². The normalized spacial score (nSPS) is 12.3. The van der Waals surface area contributed by atoms with E-state index >= 15 is 0 Å². The molecule has 1 unspecified atom stereocenters. The van der Waals surface area contributed by atoms with Crippen LogP contribution in [0.2, 0.25) is 0 Å². The van der Waals surface area contributed by atoms with Crippen LogP contribution in [0.5, 0.6) is 0 Å². The molecule has 0 aliphatic carbocycles. The number of carbonyl (C=O) groups excluding carboxylic acids is 1. The SMILES string of the molecule is Cc1nn(C)c(C)c1CC(=O)NC(c1ccccc1)c1nc2ccccc2n1C. The molecule has 0 bridgehead atoms. The van der Waals surface area contributed by atoms with Crippen molar-refractivity contribution in [3.63, 3.8) is 0 Å². The van der Waals surface area contributed by atoms with Crippen molar-refractivity contribution in [1.82, 2.24) is 24.6 Å². The molecule has 1 N–H and O–H groups in total. The molecule has 6 heteroatoms. The number of hydrogen-bond acceptors (Lipinski definition) is 3. The number of para-hydroxylation sites is 2. The fourth-order valence-electron chi connectivity index (χ4n) is 3.81. The van der Waals surface area contributed by atoms with Crippen LogP contribution >= 0.6 is 0 Å². The number of nitrogens with zero attached hydrogens (tertiary/aromatic N) is 4. The van der Waals surface area contributed by atoms with Gasteiger partial charge in [-0.3, -0.25) is 9.48 Å². The zero-order valence-electron chi connectivity index (χ0n) is 17.2. The average Bonchev–Trinajstić information content (AvgIpc) is 3.18. The molecule has 0 aliphatic heterocycles. The molecule has 0 spiro atoms. The summed E-state index contributed by atoms with van der Waals surface area (Å²) in [5.41, 5.74) is 5.83. The Morgan fingerprint density at radius 3 is 2.38 bits per heavy atom. The first-order valence-corrected chi connectivity index (χ1v) is 9.70. The maximum Gasteiger partial charge on any atom is 0.225 e. The van der Waals surface area contributed by atoms with E-state index in [2.05, 4.69) is 10.4 Å². The van der Waals surface area contributed by atoms with Gasteiger partial charge in [0.1, 0.15) is 11.9 Å². The minimum absolute atomic E-state index is 0.0508. The molecule has 2 aromatic heterocycles. The minimum Gasteiger partial charge on any atom is -0.342 e. The predicted molar refractivity (Wildman–Crippen MR) is 114 cm³/mol. The van der Waals surface area contributed by atoms with E-state index in [0.29, 0.717) is 6.42 Å². The fourth-order valence-corrected chi connectivity index (χ4v) is 3.81. The third kappa shape index (κ3) is 3.53. The minimum atomic E-state index is -0.335. The summed E-state index contributed by atoms with van der Waals surface area (Å²) in [6.45, 7) is 3.93. The summed E-state index contributed by atoms with van der Waals surface area (Å²) in [5.74, 6) is 0.760. The summed E-state index contributed by atoms with van der Waals surface area (Å²) in [7, 11) is 3.89. The lowest BCUT2D eigenvalue weighted by atomic mass is 10.0. The molecule has 1 atom stereocenters. The Kier molecular flexibility index (Phi) is 4.92. The Morgan fingerprint density at radius 2 is 1.72 bits per heavy atom. The summed E-state index contributed by atoms with van der Waals surface area (Å²) >= 11 is 0. The highest BCUT2D eigenvalue weighted by atomic mass is 16.1. The lowest BCUT2D eigenvalue weighted by Gasteiger charge is -2.19. The van der Waals surface area contributed by atoms with Crippen molar-refractivity contribution in [2.75, 3.05) is 0 Å². The second-order valence-corrected chi connectivity index (χ2v) is 7.38. The first-order chi connectivity index (χ1) is 14.0. The van der Waals surface area contributed by atoms with Crippen molar-refractivity contribution < 1.29 is 4.79 Å². The summed E-state index contributed by atoms with van der Waals surface area (Å²) in [6.07, 6.45) is 0.290. The van der Waals surface area contributed by atoms with E-state index < -0.39 is 0 Å². The molecule has 4 aromatic rings. The van der Waals surface area contributed by atoms with E-state index in [1.165, 1.54) is 0 Å². The zero-order valence-corrected chi connectivity index (χ0v) is 17.2. The first-order valence-electron chi connectivity index (χ1n) is 9.70. The Bertz CT molecular complexity index is 1170. The van der Waals surface area contributed by atoms with Crippen LogP contribution in [0.3, 0.4) is 0 Å². The molecule has 2 aromatic carbocycles. The molecule has 0 saturated heterocycles. The molecule has 0 saturated carbocycles. The fraction of sp³-hybridized carbons (Fsp3) is 0.261. The highest BCUT2D eigenvalue weighted by Crippen LogP contribution is 2.25. The second kappa shape index (κ2) is 7.54. The van der Waals surface area contributed by atoms with Gasteiger partial charge in [-0.15, -0.1) is 0 Å². The average molecular weight is 387 g/mol. The van der Waals surface area contributed by atoms with Crippen molar-refractivity contribution in [3.05, 3.63) is 82.9 Å². The van der Waals surface area contributed by atoms with E-state index in [9.17, 15) is 4.79 Å². The lowest BCUT2D eigenvalue weighted by molar-refractivity contribution is -0.121. The Labute approximate surface area is 170 Å². The molecule has 2 heterocycles. The largest absolute Gasteiger partial charge is 0.342 e. The van der Waals surface area contributed by atoms with Gasteiger partial charge in [0.05, 0.1) is 23.1 Å². The Morgan fingerprint density at radius 1 is 1.03 bits per heavy atom. The van der Waals surface area contributed by atoms with Crippen LogP contribution in [-0.4, -0.2) is 25.2 Å².